The molecule has 1 saturated carbocycles. The first kappa shape index (κ1) is 22.7. The Kier molecular flexibility index (Phi) is 8.33. The minimum absolute atomic E-state index is 0. The normalized spacial score (nSPS) is 15.3. The zero-order chi connectivity index (χ0) is 18.6. The van der Waals surface area contributed by atoms with Gasteiger partial charge in [-0.15, -0.1) is 12.4 Å². The Morgan fingerprint density at radius 1 is 1.35 bits per heavy atom. The molecule has 2 rings (SSSR count). The summed E-state index contributed by atoms with van der Waals surface area (Å²) in [4.78, 5) is 12.5. The van der Waals surface area contributed by atoms with E-state index in [1.165, 1.54) is 19.2 Å². The Balaban J connectivity index is 0.00000338. The van der Waals surface area contributed by atoms with E-state index in [0.29, 0.717) is 12.5 Å². The van der Waals surface area contributed by atoms with Crippen molar-refractivity contribution in [2.24, 2.45) is 11.7 Å². The molecule has 0 bridgehead atoms. The fourth-order valence-electron chi connectivity index (χ4n) is 2.56. The van der Waals surface area contributed by atoms with Crippen LogP contribution in [0.4, 0.5) is 0 Å². The van der Waals surface area contributed by atoms with E-state index in [-0.39, 0.29) is 46.6 Å². The monoisotopic (exact) mass is 405 g/mol. The van der Waals surface area contributed by atoms with E-state index in [1.54, 1.807) is 6.07 Å². The fourth-order valence-corrected chi connectivity index (χ4v) is 4.06. The number of nitrogens with two attached hydrogens (primary N) is 1. The van der Waals surface area contributed by atoms with Crippen LogP contribution in [0.15, 0.2) is 23.1 Å². The molecular formula is C17H28ClN3O4S. The van der Waals surface area contributed by atoms with Crippen LogP contribution < -0.4 is 20.5 Å². The lowest BCUT2D eigenvalue weighted by Gasteiger charge is -2.19. The molecule has 1 amide bonds. The summed E-state index contributed by atoms with van der Waals surface area (Å²) in [6.07, 6.45) is 2.41. The maximum atomic E-state index is 12.5. The van der Waals surface area contributed by atoms with E-state index in [4.69, 9.17) is 10.5 Å². The number of sulfonamides is 1. The second-order valence-electron chi connectivity index (χ2n) is 6.80. The van der Waals surface area contributed by atoms with Crippen LogP contribution in [0.1, 0.15) is 43.5 Å². The van der Waals surface area contributed by atoms with Gasteiger partial charge in [-0.05, 0) is 43.4 Å². The molecule has 0 heterocycles. The molecule has 1 aromatic carbocycles. The van der Waals surface area contributed by atoms with Crippen LogP contribution in [0.5, 0.6) is 5.75 Å². The first-order valence-electron chi connectivity index (χ1n) is 8.48. The second kappa shape index (κ2) is 9.55. The Bertz CT molecular complexity index is 721. The lowest BCUT2D eigenvalue weighted by Crippen LogP contribution is -2.41. The molecule has 0 radical (unpaired) electrons. The molecule has 148 valence electrons. The van der Waals surface area contributed by atoms with Gasteiger partial charge in [-0.3, -0.25) is 4.79 Å². The molecule has 1 fully saturated rings. The third-order valence-electron chi connectivity index (χ3n) is 3.99. The molecule has 1 aromatic rings. The Labute approximate surface area is 161 Å². The van der Waals surface area contributed by atoms with Gasteiger partial charge in [-0.25, -0.2) is 13.1 Å². The summed E-state index contributed by atoms with van der Waals surface area (Å²) >= 11 is 0. The maximum Gasteiger partial charge on any atom is 0.251 e. The lowest BCUT2D eigenvalue weighted by atomic mass is 10.0. The van der Waals surface area contributed by atoms with E-state index in [9.17, 15) is 13.2 Å². The standard InChI is InChI=1S/C17H27N3O4S.ClH/c1-11(2)8-14(10-18)19-17(21)12-4-7-15(24-3)16(9-12)25(22,23)20-13-5-6-13;/h4,7,9,11,13-14,20H,5-6,8,10,18H2,1-3H3,(H,19,21);1H. The third-order valence-corrected chi connectivity index (χ3v) is 5.53. The highest BCUT2D eigenvalue weighted by Crippen LogP contribution is 2.28. The largest absolute Gasteiger partial charge is 0.495 e. The Hall–Kier alpha value is -1.35. The number of halogens is 1. The highest BCUT2D eigenvalue weighted by Gasteiger charge is 2.30. The highest BCUT2D eigenvalue weighted by molar-refractivity contribution is 7.89. The summed E-state index contributed by atoms with van der Waals surface area (Å²) in [6.45, 7) is 4.43. The van der Waals surface area contributed by atoms with Gasteiger partial charge in [0.05, 0.1) is 7.11 Å². The SMILES string of the molecule is COc1ccc(C(=O)NC(CN)CC(C)C)cc1S(=O)(=O)NC1CC1.Cl. The van der Waals surface area contributed by atoms with Crippen molar-refractivity contribution in [3.05, 3.63) is 23.8 Å². The molecule has 1 aliphatic carbocycles. The van der Waals surface area contributed by atoms with Gasteiger partial charge in [0.2, 0.25) is 10.0 Å². The Morgan fingerprint density at radius 2 is 2.00 bits per heavy atom. The van der Waals surface area contributed by atoms with Crippen molar-refractivity contribution in [1.82, 2.24) is 10.0 Å². The number of nitrogens with one attached hydrogen (secondary N) is 2. The van der Waals surface area contributed by atoms with Crippen LogP contribution in [0.2, 0.25) is 0 Å². The number of methoxy groups -OCH3 is 1. The van der Waals surface area contributed by atoms with Crippen LogP contribution in [0.25, 0.3) is 0 Å². The number of hydrogen-bond donors (Lipinski definition) is 3. The van der Waals surface area contributed by atoms with Gasteiger partial charge < -0.3 is 15.8 Å². The third kappa shape index (κ3) is 6.12. The molecule has 4 N–H and O–H groups in total. The van der Waals surface area contributed by atoms with E-state index >= 15 is 0 Å². The number of carbonyl (C=O) groups excluding carboxylic acids is 1. The van der Waals surface area contributed by atoms with Crippen LogP contribution in [-0.4, -0.2) is 40.1 Å². The number of hydrogen-bond acceptors (Lipinski definition) is 5. The predicted octanol–water partition coefficient (Wildman–Crippen LogP) is 1.66. The summed E-state index contributed by atoms with van der Waals surface area (Å²) in [5.74, 6) is 0.257. The molecule has 9 heteroatoms. The van der Waals surface area contributed by atoms with Crippen molar-refractivity contribution in [3.8, 4) is 5.75 Å². The molecule has 0 saturated heterocycles. The molecule has 7 nitrogen and oxygen atoms in total. The minimum Gasteiger partial charge on any atom is -0.495 e. The quantitative estimate of drug-likeness (QED) is 0.578. The van der Waals surface area contributed by atoms with E-state index in [1.807, 2.05) is 0 Å². The highest BCUT2D eigenvalue weighted by atomic mass is 35.5. The van der Waals surface area contributed by atoms with Crippen LogP contribution >= 0.6 is 12.4 Å². The number of amides is 1. The molecule has 26 heavy (non-hydrogen) atoms. The molecule has 0 spiro atoms. The molecule has 1 aliphatic rings. The van der Waals surface area contributed by atoms with Crippen molar-refractivity contribution in [2.45, 2.75) is 50.1 Å². The predicted molar refractivity (Wildman–Crippen MR) is 103 cm³/mol. The Morgan fingerprint density at radius 3 is 2.50 bits per heavy atom. The first-order valence-corrected chi connectivity index (χ1v) is 9.96. The number of rotatable bonds is 9. The van der Waals surface area contributed by atoms with Crippen molar-refractivity contribution < 1.29 is 17.9 Å². The average Bonchev–Trinajstić information content (AvgIpc) is 3.36. The van der Waals surface area contributed by atoms with Crippen LogP contribution in [-0.2, 0) is 10.0 Å². The number of benzene rings is 1. The van der Waals surface area contributed by atoms with Gasteiger partial charge in [-0.1, -0.05) is 13.8 Å². The molecular weight excluding hydrogens is 378 g/mol. The van der Waals surface area contributed by atoms with E-state index in [0.717, 1.165) is 19.3 Å². The van der Waals surface area contributed by atoms with Crippen molar-refractivity contribution in [1.29, 1.82) is 0 Å². The number of ether oxygens (including phenoxy) is 1. The minimum atomic E-state index is -3.73. The van der Waals surface area contributed by atoms with Gasteiger partial charge in [0, 0.05) is 24.2 Å². The summed E-state index contributed by atoms with van der Waals surface area (Å²) in [5.41, 5.74) is 5.98. The van der Waals surface area contributed by atoms with Gasteiger partial charge >= 0.3 is 0 Å². The van der Waals surface area contributed by atoms with Gasteiger partial charge in [0.25, 0.3) is 5.91 Å². The van der Waals surface area contributed by atoms with Gasteiger partial charge in [-0.2, -0.15) is 0 Å². The summed E-state index contributed by atoms with van der Waals surface area (Å²) in [5, 5.41) is 2.86. The average molecular weight is 406 g/mol. The van der Waals surface area contributed by atoms with E-state index < -0.39 is 10.0 Å². The van der Waals surface area contributed by atoms with Crippen LogP contribution in [0, 0.1) is 5.92 Å². The zero-order valence-electron chi connectivity index (χ0n) is 15.3. The van der Waals surface area contributed by atoms with Gasteiger partial charge in [0.15, 0.2) is 0 Å². The molecule has 1 unspecified atom stereocenters. The lowest BCUT2D eigenvalue weighted by molar-refractivity contribution is 0.0933. The second-order valence-corrected chi connectivity index (χ2v) is 8.48. The van der Waals surface area contributed by atoms with Crippen molar-refractivity contribution in [2.75, 3.05) is 13.7 Å². The van der Waals surface area contributed by atoms with E-state index in [2.05, 4.69) is 23.9 Å². The number of carbonyl (C=O) groups is 1. The van der Waals surface area contributed by atoms with Gasteiger partial charge in [0.1, 0.15) is 10.6 Å². The first-order chi connectivity index (χ1) is 11.8. The topological polar surface area (TPSA) is 111 Å². The smallest absolute Gasteiger partial charge is 0.251 e. The summed E-state index contributed by atoms with van der Waals surface area (Å²) < 4.78 is 32.8. The summed E-state index contributed by atoms with van der Waals surface area (Å²) in [7, 11) is -2.33. The molecule has 0 aromatic heterocycles. The molecule has 0 aliphatic heterocycles. The summed E-state index contributed by atoms with van der Waals surface area (Å²) in [6, 6.07) is 4.21. The fraction of sp³-hybridized carbons (Fsp3) is 0.588. The zero-order valence-corrected chi connectivity index (χ0v) is 17.0. The molecule has 1 atom stereocenters. The van der Waals surface area contributed by atoms with Crippen molar-refractivity contribution in [3.63, 3.8) is 0 Å². The van der Waals surface area contributed by atoms with Crippen molar-refractivity contribution >= 4 is 28.3 Å². The van der Waals surface area contributed by atoms with Crippen LogP contribution in [0.3, 0.4) is 0 Å². The maximum absolute atomic E-state index is 12.5.